The van der Waals surface area contributed by atoms with Gasteiger partial charge in [0.15, 0.2) is 18.4 Å². The van der Waals surface area contributed by atoms with Crippen molar-refractivity contribution in [2.24, 2.45) is 0 Å². The molecule has 2 unspecified atom stereocenters. The van der Waals surface area contributed by atoms with E-state index in [1.807, 2.05) is 0 Å². The van der Waals surface area contributed by atoms with Crippen molar-refractivity contribution in [3.05, 3.63) is 32.6 Å². The Balaban J connectivity index is 2.52. The molecule has 2 heterocycles. The second-order valence-corrected chi connectivity index (χ2v) is 6.07. The van der Waals surface area contributed by atoms with Crippen molar-refractivity contribution >= 4 is 17.9 Å². The molecule has 0 aromatic carbocycles. The van der Waals surface area contributed by atoms with Crippen LogP contribution in [0.2, 0.25) is 0 Å². The highest BCUT2D eigenvalue weighted by Gasteiger charge is 2.51. The van der Waals surface area contributed by atoms with Gasteiger partial charge in [0.1, 0.15) is 12.7 Å². The summed E-state index contributed by atoms with van der Waals surface area (Å²) in [7, 11) is 0. The monoisotopic (exact) mass is 420 g/mol. The number of esters is 3. The zero-order valence-corrected chi connectivity index (χ0v) is 15.5. The Morgan fingerprint density at radius 2 is 1.69 bits per heavy atom. The Bertz CT molecular complexity index is 910. The number of aromatic nitrogens is 2. The molecule has 0 spiro atoms. The molecular weight excluding hydrogens is 402 g/mol. The van der Waals surface area contributed by atoms with Gasteiger partial charge in [-0.3, -0.25) is 28.7 Å². The molecule has 0 aliphatic carbocycles. The molecular formula is C16H18F2N2O9. The molecule has 11 nitrogen and oxygen atoms in total. The predicted octanol–water partition coefficient (Wildman–Crippen LogP) is -0.202. The van der Waals surface area contributed by atoms with Gasteiger partial charge < -0.3 is 18.9 Å². The number of hydrogen-bond acceptors (Lipinski definition) is 9. The van der Waals surface area contributed by atoms with Gasteiger partial charge in [-0.1, -0.05) is 0 Å². The molecule has 1 aromatic rings. The summed E-state index contributed by atoms with van der Waals surface area (Å²) in [6, 6.07) is 0. The fraction of sp³-hybridized carbons (Fsp3) is 0.562. The fourth-order valence-electron chi connectivity index (χ4n) is 2.76. The molecule has 160 valence electrons. The number of aromatic amines is 1. The number of halogens is 2. The van der Waals surface area contributed by atoms with Crippen molar-refractivity contribution in [1.82, 2.24) is 9.55 Å². The van der Waals surface area contributed by atoms with Crippen LogP contribution in [-0.2, 0) is 33.3 Å². The van der Waals surface area contributed by atoms with Crippen LogP contribution in [-0.4, -0.2) is 52.4 Å². The third-order valence-corrected chi connectivity index (χ3v) is 3.85. The van der Waals surface area contributed by atoms with Crippen LogP contribution < -0.4 is 11.2 Å². The van der Waals surface area contributed by atoms with Gasteiger partial charge in [0.05, 0.1) is 5.56 Å². The van der Waals surface area contributed by atoms with Crippen molar-refractivity contribution in [2.45, 2.75) is 51.7 Å². The molecule has 1 fully saturated rings. The van der Waals surface area contributed by atoms with Gasteiger partial charge >= 0.3 is 23.6 Å². The first kappa shape index (κ1) is 22.2. The maximum Gasteiger partial charge on any atom is 0.330 e. The quantitative estimate of drug-likeness (QED) is 0.489. The van der Waals surface area contributed by atoms with Crippen LogP contribution in [0.25, 0.3) is 0 Å². The third-order valence-electron chi connectivity index (χ3n) is 3.85. The summed E-state index contributed by atoms with van der Waals surface area (Å²) < 4.78 is 47.3. The number of hydrogen-bond donors (Lipinski definition) is 1. The van der Waals surface area contributed by atoms with Crippen LogP contribution in [0.15, 0.2) is 15.8 Å². The van der Waals surface area contributed by atoms with Crippen LogP contribution in [0.3, 0.4) is 0 Å². The second-order valence-electron chi connectivity index (χ2n) is 6.07. The second kappa shape index (κ2) is 8.94. The lowest BCUT2D eigenvalue weighted by molar-refractivity contribution is -0.166. The topological polar surface area (TPSA) is 143 Å². The normalized spacial score (nSPS) is 23.7. The van der Waals surface area contributed by atoms with E-state index in [4.69, 9.17) is 18.9 Å². The van der Waals surface area contributed by atoms with Crippen LogP contribution in [0.5, 0.6) is 0 Å². The van der Waals surface area contributed by atoms with Crippen LogP contribution in [0, 0.1) is 0 Å². The molecule has 2 rings (SSSR count). The highest BCUT2D eigenvalue weighted by Crippen LogP contribution is 2.34. The van der Waals surface area contributed by atoms with Gasteiger partial charge in [0, 0.05) is 27.0 Å². The van der Waals surface area contributed by atoms with Crippen molar-refractivity contribution in [2.75, 3.05) is 6.61 Å². The first-order valence-corrected chi connectivity index (χ1v) is 8.28. The molecule has 0 radical (unpaired) electrons. The highest BCUT2D eigenvalue weighted by atomic mass is 19.3. The van der Waals surface area contributed by atoms with Crippen molar-refractivity contribution in [3.8, 4) is 0 Å². The smallest absolute Gasteiger partial charge is 0.330 e. The number of H-pyrrole nitrogens is 1. The first-order valence-electron chi connectivity index (χ1n) is 8.28. The Hall–Kier alpha value is -3.09. The number of nitrogens with zero attached hydrogens (tertiary/aromatic N) is 1. The van der Waals surface area contributed by atoms with E-state index < -0.39 is 72.3 Å². The summed E-state index contributed by atoms with van der Waals surface area (Å²) in [5.74, 6) is -2.34. The number of carbonyl (C=O) groups excluding carboxylic acids is 3. The summed E-state index contributed by atoms with van der Waals surface area (Å²) >= 11 is 0. The van der Waals surface area contributed by atoms with Gasteiger partial charge in [-0.2, -0.15) is 0 Å². The van der Waals surface area contributed by atoms with E-state index in [9.17, 15) is 32.8 Å². The maximum atomic E-state index is 13.1. The van der Waals surface area contributed by atoms with E-state index >= 15 is 0 Å². The number of carbonyl (C=O) groups is 3. The standard InChI is InChI=1S/C16H18F2N2O9/c1-6(21)26-5-10-11(27-7(2)22)12(28-8(3)23)15(29-10)20-4-9(13(17)18)14(24)19-16(20)25/h4,10-13,15H,5H2,1-3H3,(H,19,24,25)/t10-,11?,12?,15-/m0/s1. The minimum atomic E-state index is -3.21. The number of alkyl halides is 2. The summed E-state index contributed by atoms with van der Waals surface area (Å²) in [5, 5.41) is 0. The average Bonchev–Trinajstić information content (AvgIpc) is 2.89. The molecule has 1 saturated heterocycles. The zero-order valence-electron chi connectivity index (χ0n) is 15.5. The van der Waals surface area contributed by atoms with E-state index in [1.165, 1.54) is 0 Å². The van der Waals surface area contributed by atoms with E-state index in [1.54, 1.807) is 4.98 Å². The van der Waals surface area contributed by atoms with Gasteiger partial charge in [0.2, 0.25) is 0 Å². The van der Waals surface area contributed by atoms with Crippen molar-refractivity contribution < 1.29 is 42.1 Å². The fourth-order valence-corrected chi connectivity index (χ4v) is 2.76. The molecule has 1 aliphatic heterocycles. The predicted molar refractivity (Wildman–Crippen MR) is 87.9 cm³/mol. The molecule has 0 amide bonds. The van der Waals surface area contributed by atoms with Crippen LogP contribution in [0.1, 0.15) is 39.0 Å². The lowest BCUT2D eigenvalue weighted by Crippen LogP contribution is -2.42. The lowest BCUT2D eigenvalue weighted by atomic mass is 10.1. The Morgan fingerprint density at radius 1 is 1.10 bits per heavy atom. The Morgan fingerprint density at radius 3 is 2.21 bits per heavy atom. The largest absolute Gasteiger partial charge is 0.463 e. The van der Waals surface area contributed by atoms with Gasteiger partial charge in [-0.25, -0.2) is 13.6 Å². The zero-order chi connectivity index (χ0) is 21.9. The minimum Gasteiger partial charge on any atom is -0.463 e. The Labute approximate surface area is 161 Å². The van der Waals surface area contributed by atoms with Gasteiger partial charge in [0.25, 0.3) is 12.0 Å². The van der Waals surface area contributed by atoms with Gasteiger partial charge in [-0.15, -0.1) is 0 Å². The van der Waals surface area contributed by atoms with Crippen molar-refractivity contribution in [3.63, 3.8) is 0 Å². The minimum absolute atomic E-state index is 0.443. The molecule has 0 saturated carbocycles. The molecule has 13 heteroatoms. The summed E-state index contributed by atoms with van der Waals surface area (Å²) in [6.07, 6.45) is -8.16. The summed E-state index contributed by atoms with van der Waals surface area (Å²) in [4.78, 5) is 59.6. The third kappa shape index (κ3) is 5.25. The molecule has 1 aliphatic rings. The summed E-state index contributed by atoms with van der Waals surface area (Å²) in [6.45, 7) is 2.75. The molecule has 4 atom stereocenters. The van der Waals surface area contributed by atoms with Gasteiger partial charge in [-0.05, 0) is 0 Å². The first-order chi connectivity index (χ1) is 13.5. The number of ether oxygens (including phenoxy) is 4. The van der Waals surface area contributed by atoms with Crippen LogP contribution >= 0.6 is 0 Å². The van der Waals surface area contributed by atoms with E-state index in [2.05, 4.69) is 0 Å². The number of rotatable bonds is 6. The number of nitrogens with one attached hydrogen (secondary N) is 1. The van der Waals surface area contributed by atoms with E-state index in [0.717, 1.165) is 20.8 Å². The lowest BCUT2D eigenvalue weighted by Gasteiger charge is -2.24. The van der Waals surface area contributed by atoms with Crippen LogP contribution in [0.4, 0.5) is 8.78 Å². The molecule has 0 bridgehead atoms. The average molecular weight is 420 g/mol. The maximum absolute atomic E-state index is 13.1. The highest BCUT2D eigenvalue weighted by molar-refractivity contribution is 5.68. The summed E-state index contributed by atoms with van der Waals surface area (Å²) in [5.41, 5.74) is -3.45. The molecule has 29 heavy (non-hydrogen) atoms. The van der Waals surface area contributed by atoms with E-state index in [0.29, 0.717) is 10.8 Å². The van der Waals surface area contributed by atoms with Crippen molar-refractivity contribution in [1.29, 1.82) is 0 Å². The van der Waals surface area contributed by atoms with E-state index in [-0.39, 0.29) is 0 Å². The SMILES string of the molecule is CC(=O)OC[C@@H]1O[C@H](n2cc(C(F)F)c(=O)[nH]c2=O)C(OC(C)=O)C1OC(C)=O. The Kier molecular flexibility index (Phi) is 6.84. The molecule has 1 aromatic heterocycles. The molecule has 1 N–H and O–H groups in total.